The van der Waals surface area contributed by atoms with E-state index in [0.29, 0.717) is 35.8 Å². The van der Waals surface area contributed by atoms with Gasteiger partial charge in [-0.1, -0.05) is 12.1 Å². The maximum absolute atomic E-state index is 13.5. The third kappa shape index (κ3) is 2.89. The van der Waals surface area contributed by atoms with E-state index >= 15 is 0 Å². The molecule has 2 atom stereocenters. The van der Waals surface area contributed by atoms with Gasteiger partial charge in [0.2, 0.25) is 5.91 Å². The van der Waals surface area contributed by atoms with E-state index in [9.17, 15) is 13.6 Å². The number of rotatable bonds is 3. The van der Waals surface area contributed by atoms with Crippen LogP contribution in [-0.2, 0) is 4.79 Å². The number of fused-ring (bicyclic) bond motifs is 1. The fourth-order valence-corrected chi connectivity index (χ4v) is 3.83. The highest BCUT2D eigenvalue weighted by molar-refractivity contribution is 5.82. The smallest absolute Gasteiger partial charge is 0.264 e. The summed E-state index contributed by atoms with van der Waals surface area (Å²) in [6.45, 7) is 5.06. The molecule has 2 aromatic rings. The molecule has 2 aliphatic rings. The summed E-state index contributed by atoms with van der Waals surface area (Å²) >= 11 is 0. The summed E-state index contributed by atoms with van der Waals surface area (Å²) in [5, 5.41) is 4.08. The topological polar surface area (TPSA) is 59.2 Å². The summed E-state index contributed by atoms with van der Waals surface area (Å²) in [6, 6.07) is 1.49. The molecule has 2 aromatic heterocycles. The monoisotopic (exact) mass is 349 g/mol. The fourth-order valence-electron chi connectivity index (χ4n) is 3.83. The fraction of sp³-hybridized carbons (Fsp3) is 0.611. The molecule has 0 bridgehead atoms. The third-order valence-corrected chi connectivity index (χ3v) is 5.55. The first-order valence-corrected chi connectivity index (χ1v) is 8.79. The zero-order valence-corrected chi connectivity index (χ0v) is 14.3. The summed E-state index contributed by atoms with van der Waals surface area (Å²) in [6.07, 6.45) is -0.137. The van der Waals surface area contributed by atoms with E-state index in [4.69, 9.17) is 4.52 Å². The summed E-state index contributed by atoms with van der Waals surface area (Å²) in [5.41, 5.74) is 1.16. The minimum absolute atomic E-state index is 0.0629. The van der Waals surface area contributed by atoms with E-state index in [-0.39, 0.29) is 29.0 Å². The lowest BCUT2D eigenvalue weighted by atomic mass is 9.91. The lowest BCUT2D eigenvalue weighted by molar-refractivity contribution is -0.133. The molecule has 0 N–H and O–H groups in total. The van der Waals surface area contributed by atoms with Crippen LogP contribution in [0.5, 0.6) is 0 Å². The minimum atomic E-state index is -2.60. The normalized spacial score (nSPS) is 24.3. The molecule has 0 spiro atoms. The van der Waals surface area contributed by atoms with Gasteiger partial charge < -0.3 is 9.42 Å². The number of aromatic nitrogens is 2. The number of pyridine rings is 1. The van der Waals surface area contributed by atoms with Gasteiger partial charge in [0.05, 0.1) is 11.1 Å². The van der Waals surface area contributed by atoms with Crippen LogP contribution >= 0.6 is 0 Å². The highest BCUT2D eigenvalue weighted by Gasteiger charge is 2.42. The van der Waals surface area contributed by atoms with Crippen molar-refractivity contribution in [2.45, 2.75) is 45.5 Å². The largest absolute Gasteiger partial charge is 0.342 e. The highest BCUT2D eigenvalue weighted by Crippen LogP contribution is 2.40. The Morgan fingerprint density at radius 3 is 2.64 bits per heavy atom. The van der Waals surface area contributed by atoms with Gasteiger partial charge in [-0.05, 0) is 38.2 Å². The van der Waals surface area contributed by atoms with Crippen molar-refractivity contribution in [2.24, 2.45) is 11.8 Å². The molecule has 1 saturated heterocycles. The van der Waals surface area contributed by atoms with Gasteiger partial charge in [-0.15, -0.1) is 0 Å². The molecular weight excluding hydrogens is 328 g/mol. The van der Waals surface area contributed by atoms with E-state index in [1.54, 1.807) is 6.92 Å². The van der Waals surface area contributed by atoms with Crippen molar-refractivity contribution < 1.29 is 18.1 Å². The van der Waals surface area contributed by atoms with Crippen molar-refractivity contribution in [3.8, 4) is 0 Å². The number of hydrogen-bond donors (Lipinski definition) is 0. The van der Waals surface area contributed by atoms with Gasteiger partial charge in [-0.2, -0.15) is 0 Å². The van der Waals surface area contributed by atoms with Gasteiger partial charge in [0.1, 0.15) is 0 Å². The van der Waals surface area contributed by atoms with Crippen LogP contribution in [0.4, 0.5) is 8.78 Å². The average molecular weight is 349 g/mol. The number of carbonyl (C=O) groups is 1. The minimum Gasteiger partial charge on any atom is -0.342 e. The number of likely N-dealkylation sites (tertiary alicyclic amines) is 1. The zero-order valence-electron chi connectivity index (χ0n) is 14.3. The molecule has 0 aromatic carbocycles. The number of aryl methyl sites for hydroxylation is 1. The van der Waals surface area contributed by atoms with Crippen molar-refractivity contribution in [3.63, 3.8) is 0 Å². The van der Waals surface area contributed by atoms with Gasteiger partial charge in [0.25, 0.3) is 12.1 Å². The average Bonchev–Trinajstić information content (AvgIpc) is 3.23. The molecule has 7 heteroatoms. The van der Waals surface area contributed by atoms with Crippen LogP contribution in [0.2, 0.25) is 0 Å². The van der Waals surface area contributed by atoms with Crippen LogP contribution in [-0.4, -0.2) is 34.0 Å². The number of alkyl halides is 2. The van der Waals surface area contributed by atoms with Gasteiger partial charge in [-0.3, -0.25) is 4.79 Å². The number of halogens is 2. The predicted octanol–water partition coefficient (Wildman–Crippen LogP) is 3.83. The van der Waals surface area contributed by atoms with Gasteiger partial charge >= 0.3 is 0 Å². The van der Waals surface area contributed by atoms with Crippen LogP contribution < -0.4 is 0 Å². The molecule has 134 valence electrons. The van der Waals surface area contributed by atoms with Crippen LogP contribution in [0.1, 0.15) is 55.5 Å². The molecule has 1 aliphatic heterocycles. The molecule has 1 saturated carbocycles. The van der Waals surface area contributed by atoms with Crippen molar-refractivity contribution in [2.75, 3.05) is 13.1 Å². The second kappa shape index (κ2) is 6.04. The molecule has 2 unspecified atom stereocenters. The maximum atomic E-state index is 13.5. The Bertz CT molecular complexity index is 812. The number of nitrogens with zero attached hydrogens (tertiary/aromatic N) is 3. The molecule has 1 amide bonds. The van der Waals surface area contributed by atoms with Crippen LogP contribution in [0.15, 0.2) is 10.6 Å². The summed E-state index contributed by atoms with van der Waals surface area (Å²) in [4.78, 5) is 18.7. The van der Waals surface area contributed by atoms with Crippen molar-refractivity contribution in [1.29, 1.82) is 0 Å². The molecule has 4 rings (SSSR count). The quantitative estimate of drug-likeness (QED) is 0.845. The highest BCUT2D eigenvalue weighted by atomic mass is 19.3. The van der Waals surface area contributed by atoms with E-state index in [0.717, 1.165) is 19.3 Å². The molecule has 3 heterocycles. The maximum Gasteiger partial charge on any atom is 0.264 e. The number of carbonyl (C=O) groups excluding carboxylic acids is 1. The Morgan fingerprint density at radius 1 is 1.36 bits per heavy atom. The van der Waals surface area contributed by atoms with Crippen LogP contribution in [0.25, 0.3) is 11.1 Å². The van der Waals surface area contributed by atoms with Gasteiger partial charge in [0, 0.05) is 36.2 Å². The number of amides is 1. The Morgan fingerprint density at radius 2 is 2.04 bits per heavy atom. The Hall–Kier alpha value is -2.05. The SMILES string of the molecule is Cc1noc2nc(C3CCN(C(=O)C4CC4C)CC3)cc(C(F)F)c12. The van der Waals surface area contributed by atoms with E-state index in [2.05, 4.69) is 17.1 Å². The molecular formula is C18H21F2N3O2. The van der Waals surface area contributed by atoms with E-state index in [1.165, 1.54) is 6.07 Å². The molecule has 0 radical (unpaired) electrons. The summed E-state index contributed by atoms with van der Waals surface area (Å²) in [7, 11) is 0. The molecule has 5 nitrogen and oxygen atoms in total. The zero-order chi connectivity index (χ0) is 17.7. The Kier molecular flexibility index (Phi) is 3.96. The second-order valence-electron chi connectivity index (χ2n) is 7.30. The van der Waals surface area contributed by atoms with Crippen molar-refractivity contribution in [1.82, 2.24) is 15.0 Å². The number of piperidine rings is 1. The van der Waals surface area contributed by atoms with E-state index in [1.807, 2.05) is 4.90 Å². The first-order valence-electron chi connectivity index (χ1n) is 8.79. The molecule has 2 fully saturated rings. The first-order chi connectivity index (χ1) is 12.0. The van der Waals surface area contributed by atoms with Crippen molar-refractivity contribution >= 4 is 17.0 Å². The first kappa shape index (κ1) is 16.4. The standard InChI is InChI=1S/C18H21F2N3O2/c1-9-7-12(9)18(24)23-5-3-11(4-6-23)14-8-13(16(19)20)15-10(2)22-25-17(15)21-14/h8-9,11-12,16H,3-7H2,1-2H3. The lowest BCUT2D eigenvalue weighted by Gasteiger charge is -2.32. The summed E-state index contributed by atoms with van der Waals surface area (Å²) < 4.78 is 32.0. The van der Waals surface area contributed by atoms with Gasteiger partial charge in [-0.25, -0.2) is 13.8 Å². The predicted molar refractivity (Wildman–Crippen MR) is 87.3 cm³/mol. The third-order valence-electron chi connectivity index (χ3n) is 5.55. The second-order valence-corrected chi connectivity index (χ2v) is 7.30. The lowest BCUT2D eigenvalue weighted by Crippen LogP contribution is -2.39. The van der Waals surface area contributed by atoms with Crippen molar-refractivity contribution in [3.05, 3.63) is 23.0 Å². The Labute approximate surface area is 144 Å². The van der Waals surface area contributed by atoms with Crippen LogP contribution in [0.3, 0.4) is 0 Å². The Balaban J connectivity index is 1.54. The van der Waals surface area contributed by atoms with Crippen LogP contribution in [0, 0.1) is 18.8 Å². The van der Waals surface area contributed by atoms with E-state index < -0.39 is 6.43 Å². The molecule has 1 aliphatic carbocycles. The summed E-state index contributed by atoms with van der Waals surface area (Å²) in [5.74, 6) is 0.993. The number of hydrogen-bond acceptors (Lipinski definition) is 4. The molecule has 25 heavy (non-hydrogen) atoms. The van der Waals surface area contributed by atoms with Gasteiger partial charge in [0.15, 0.2) is 0 Å².